The van der Waals surface area contributed by atoms with Crippen LogP contribution in [0, 0.1) is 0 Å². The summed E-state index contributed by atoms with van der Waals surface area (Å²) in [5.41, 5.74) is 1.44. The number of hydrogen-bond acceptors (Lipinski definition) is 5. The smallest absolute Gasteiger partial charge is 0.257 e. The molecule has 1 atom stereocenters. The molecule has 1 aromatic heterocycles. The van der Waals surface area contributed by atoms with E-state index in [1.807, 2.05) is 24.3 Å². The molecule has 0 bridgehead atoms. The van der Waals surface area contributed by atoms with Gasteiger partial charge in [0.2, 0.25) is 5.43 Å². The van der Waals surface area contributed by atoms with Gasteiger partial charge in [0, 0.05) is 37.7 Å². The third-order valence-corrected chi connectivity index (χ3v) is 6.02. The van der Waals surface area contributed by atoms with Gasteiger partial charge in [-0.2, -0.15) is 0 Å². The molecule has 1 aliphatic carbocycles. The highest BCUT2D eigenvalue weighted by Crippen LogP contribution is 2.20. The van der Waals surface area contributed by atoms with Crippen molar-refractivity contribution in [2.75, 3.05) is 27.4 Å². The number of benzene rings is 1. The van der Waals surface area contributed by atoms with Gasteiger partial charge in [-0.05, 0) is 45.1 Å². The Kier molecular flexibility index (Phi) is 9.66. The van der Waals surface area contributed by atoms with Gasteiger partial charge in [-0.25, -0.2) is 0 Å². The Hall–Kier alpha value is -3.39. The van der Waals surface area contributed by atoms with Crippen molar-refractivity contribution in [2.24, 2.45) is 0 Å². The van der Waals surface area contributed by atoms with Crippen LogP contribution in [0.1, 0.15) is 65.3 Å². The molecule has 1 heterocycles. The number of nitrogens with zero attached hydrogens (tertiary/aromatic N) is 1. The summed E-state index contributed by atoms with van der Waals surface area (Å²) in [4.78, 5) is 39.1. The van der Waals surface area contributed by atoms with E-state index in [-0.39, 0.29) is 17.2 Å². The highest BCUT2D eigenvalue weighted by Gasteiger charge is 2.21. The van der Waals surface area contributed by atoms with Crippen molar-refractivity contribution in [3.63, 3.8) is 0 Å². The number of methoxy groups -OCH3 is 2. The number of rotatable bonds is 11. The number of para-hydroxylation sites is 1. The van der Waals surface area contributed by atoms with E-state index in [1.165, 1.54) is 37.9 Å². The van der Waals surface area contributed by atoms with Crippen LogP contribution in [-0.2, 0) is 11.3 Å². The van der Waals surface area contributed by atoms with Crippen LogP contribution in [0.3, 0.4) is 0 Å². The summed E-state index contributed by atoms with van der Waals surface area (Å²) in [7, 11) is 3.12. The molecule has 0 saturated heterocycles. The minimum atomic E-state index is -0.599. The quantitative estimate of drug-likeness (QED) is 0.480. The number of allylic oxidation sites excluding steroid dienone is 1. The molecular weight excluding hydrogens is 446 g/mol. The number of pyridine rings is 1. The molecule has 8 heteroatoms. The monoisotopic (exact) mass is 481 g/mol. The average molecular weight is 482 g/mol. The van der Waals surface area contributed by atoms with E-state index in [2.05, 4.69) is 16.7 Å². The molecule has 0 radical (unpaired) electrons. The molecule has 1 aromatic carbocycles. The van der Waals surface area contributed by atoms with Gasteiger partial charge in [-0.3, -0.25) is 14.4 Å². The average Bonchev–Trinajstić information content (AvgIpc) is 2.86. The lowest BCUT2D eigenvalue weighted by atomic mass is 9.97. The molecule has 0 saturated carbocycles. The second-order valence-corrected chi connectivity index (χ2v) is 8.84. The maximum absolute atomic E-state index is 13.2. The van der Waals surface area contributed by atoms with Crippen molar-refractivity contribution < 1.29 is 19.1 Å². The fourth-order valence-corrected chi connectivity index (χ4v) is 4.23. The Morgan fingerprint density at radius 3 is 2.51 bits per heavy atom. The third-order valence-electron chi connectivity index (χ3n) is 6.02. The lowest BCUT2D eigenvalue weighted by Crippen LogP contribution is -2.40. The second kappa shape index (κ2) is 12.9. The number of carbonyl (C=O) groups excluding carboxylic acids is 2. The second-order valence-electron chi connectivity index (χ2n) is 8.84. The topological polar surface area (TPSA) is 98.7 Å². The summed E-state index contributed by atoms with van der Waals surface area (Å²) in [5, 5.41) is 5.62. The number of carbonyl (C=O) groups is 2. The van der Waals surface area contributed by atoms with Crippen molar-refractivity contribution in [1.82, 2.24) is 15.2 Å². The van der Waals surface area contributed by atoms with Crippen LogP contribution in [0.15, 0.2) is 53.1 Å². The van der Waals surface area contributed by atoms with Gasteiger partial charge in [-0.15, -0.1) is 0 Å². The van der Waals surface area contributed by atoms with Crippen molar-refractivity contribution in [3.8, 4) is 5.75 Å². The molecule has 35 heavy (non-hydrogen) atoms. The van der Waals surface area contributed by atoms with Crippen LogP contribution in [-0.4, -0.2) is 49.8 Å². The minimum Gasteiger partial charge on any atom is -0.496 e. The molecule has 0 spiro atoms. The van der Waals surface area contributed by atoms with Gasteiger partial charge >= 0.3 is 0 Å². The summed E-state index contributed by atoms with van der Waals surface area (Å²) in [6.07, 6.45) is 10.5. The van der Waals surface area contributed by atoms with Gasteiger partial charge in [0.1, 0.15) is 16.9 Å². The maximum atomic E-state index is 13.2. The zero-order valence-corrected chi connectivity index (χ0v) is 20.8. The predicted octanol–water partition coefficient (Wildman–Crippen LogP) is 3.29. The minimum absolute atomic E-state index is 0.0652. The number of amides is 2. The molecule has 188 valence electrons. The first-order valence-corrected chi connectivity index (χ1v) is 12.0. The van der Waals surface area contributed by atoms with Crippen LogP contribution < -0.4 is 20.8 Å². The maximum Gasteiger partial charge on any atom is 0.257 e. The number of hydrogen-bond donors (Lipinski definition) is 2. The van der Waals surface area contributed by atoms with E-state index in [9.17, 15) is 14.4 Å². The van der Waals surface area contributed by atoms with Crippen LogP contribution in [0.2, 0.25) is 0 Å². The van der Waals surface area contributed by atoms with Crippen LogP contribution >= 0.6 is 0 Å². The lowest BCUT2D eigenvalue weighted by molar-refractivity contribution is 0.0903. The first-order chi connectivity index (χ1) is 16.9. The van der Waals surface area contributed by atoms with E-state index in [0.717, 1.165) is 24.8 Å². The summed E-state index contributed by atoms with van der Waals surface area (Å²) in [6.45, 7) is 2.85. The van der Waals surface area contributed by atoms with Gasteiger partial charge < -0.3 is 24.7 Å². The fraction of sp³-hybridized carbons (Fsp3) is 0.444. The highest BCUT2D eigenvalue weighted by atomic mass is 16.5. The van der Waals surface area contributed by atoms with E-state index in [0.29, 0.717) is 25.4 Å². The zero-order chi connectivity index (χ0) is 25.2. The SMILES string of the molecule is COC[C@@H](C)NC(=O)c1cn(Cc2ccccc2OC)cc(C(=O)NCCC2=CCCCC2)c1=O. The molecular formula is C27H35N3O5. The Bertz CT molecular complexity index is 1120. The van der Waals surface area contributed by atoms with Crippen molar-refractivity contribution in [2.45, 2.75) is 51.6 Å². The Morgan fingerprint density at radius 1 is 1.09 bits per heavy atom. The lowest BCUT2D eigenvalue weighted by Gasteiger charge is -2.16. The Morgan fingerprint density at radius 2 is 1.83 bits per heavy atom. The summed E-state index contributed by atoms with van der Waals surface area (Å²) >= 11 is 0. The molecule has 8 nitrogen and oxygen atoms in total. The van der Waals surface area contributed by atoms with E-state index in [4.69, 9.17) is 9.47 Å². The molecule has 0 aliphatic heterocycles. The normalized spacial score (nSPS) is 14.1. The van der Waals surface area contributed by atoms with E-state index < -0.39 is 17.2 Å². The first-order valence-electron chi connectivity index (χ1n) is 12.0. The molecule has 2 amide bonds. The molecule has 2 aromatic rings. The largest absolute Gasteiger partial charge is 0.496 e. The van der Waals surface area contributed by atoms with Gasteiger partial charge in [0.05, 0.1) is 20.3 Å². The van der Waals surface area contributed by atoms with E-state index >= 15 is 0 Å². The number of nitrogens with one attached hydrogen (secondary N) is 2. The molecule has 0 unspecified atom stereocenters. The fourth-order valence-electron chi connectivity index (χ4n) is 4.23. The zero-order valence-electron chi connectivity index (χ0n) is 20.8. The van der Waals surface area contributed by atoms with Gasteiger partial charge in [-0.1, -0.05) is 29.8 Å². The highest BCUT2D eigenvalue weighted by molar-refractivity contribution is 5.99. The van der Waals surface area contributed by atoms with Gasteiger partial charge in [0.25, 0.3) is 11.8 Å². The third kappa shape index (κ3) is 7.29. The summed E-state index contributed by atoms with van der Waals surface area (Å²) < 4.78 is 12.2. The van der Waals surface area contributed by atoms with Crippen molar-refractivity contribution in [3.05, 3.63) is 75.2 Å². The first kappa shape index (κ1) is 26.2. The summed E-state index contributed by atoms with van der Waals surface area (Å²) in [6, 6.07) is 7.19. The van der Waals surface area contributed by atoms with Crippen LogP contribution in [0.4, 0.5) is 0 Å². The Balaban J connectivity index is 1.87. The molecule has 1 aliphatic rings. The number of aromatic nitrogens is 1. The van der Waals surface area contributed by atoms with Crippen molar-refractivity contribution >= 4 is 11.8 Å². The van der Waals surface area contributed by atoms with Crippen LogP contribution in [0.5, 0.6) is 5.75 Å². The van der Waals surface area contributed by atoms with Gasteiger partial charge in [0.15, 0.2) is 0 Å². The van der Waals surface area contributed by atoms with E-state index in [1.54, 1.807) is 18.6 Å². The Labute approximate surface area is 206 Å². The molecule has 3 rings (SSSR count). The predicted molar refractivity (Wildman–Crippen MR) is 135 cm³/mol. The van der Waals surface area contributed by atoms with Crippen molar-refractivity contribution in [1.29, 1.82) is 0 Å². The standard InChI is InChI=1S/C27H35N3O5/c1-19(18-34-2)29-27(33)23-17-30(15-21-11-7-8-12-24(21)35-3)16-22(25(23)31)26(32)28-14-13-20-9-5-4-6-10-20/h7-9,11-12,16-17,19H,4-6,10,13-15,18H2,1-3H3,(H,28,32)(H,29,33)/t19-/m1/s1. The number of ether oxygens (including phenoxy) is 2. The molecule has 0 fully saturated rings. The van der Waals surface area contributed by atoms with Crippen LogP contribution in [0.25, 0.3) is 0 Å². The molecule has 2 N–H and O–H groups in total. The summed E-state index contributed by atoms with van der Waals surface area (Å²) in [5.74, 6) is -0.354.